The predicted molar refractivity (Wildman–Crippen MR) is 67.7 cm³/mol. The van der Waals surface area contributed by atoms with Gasteiger partial charge in [0.2, 0.25) is 5.91 Å². The molecule has 1 amide bonds. The lowest BCUT2D eigenvalue weighted by Gasteiger charge is -2.27. The van der Waals surface area contributed by atoms with Crippen LogP contribution in [-0.4, -0.2) is 52.9 Å². The second-order valence-electron chi connectivity index (χ2n) is 5.20. The summed E-state index contributed by atoms with van der Waals surface area (Å²) in [6.07, 6.45) is -1.01. The third-order valence-electron chi connectivity index (χ3n) is 3.80. The molecule has 3 rings (SSSR count). The molecule has 0 bridgehead atoms. The lowest BCUT2D eigenvalue weighted by molar-refractivity contribution is -0.136. The maximum atomic E-state index is 12.3. The van der Waals surface area contributed by atoms with Gasteiger partial charge in [0.05, 0.1) is 18.1 Å². The number of para-hydroxylation sites is 1. The fourth-order valence-electron chi connectivity index (χ4n) is 2.69. The molecule has 2 heterocycles. The van der Waals surface area contributed by atoms with Gasteiger partial charge < -0.3 is 19.8 Å². The maximum absolute atomic E-state index is 12.3. The highest BCUT2D eigenvalue weighted by Crippen LogP contribution is 2.28. The number of benzene rings is 1. The number of hydrogen-bond donors (Lipinski definition) is 2. The summed E-state index contributed by atoms with van der Waals surface area (Å²) in [4.78, 5) is 13.9. The van der Waals surface area contributed by atoms with Crippen LogP contribution in [0.2, 0.25) is 0 Å². The van der Waals surface area contributed by atoms with Crippen LogP contribution in [0.3, 0.4) is 0 Å². The number of amides is 1. The van der Waals surface area contributed by atoms with Crippen molar-refractivity contribution in [2.24, 2.45) is 5.92 Å². The smallest absolute Gasteiger partial charge is 0.229 e. The summed E-state index contributed by atoms with van der Waals surface area (Å²) >= 11 is 0. The number of rotatable bonds is 1. The normalized spacial score (nSPS) is 29.8. The second kappa shape index (κ2) is 4.83. The fraction of sp³-hybridized carbons (Fsp3) is 0.500. The summed E-state index contributed by atoms with van der Waals surface area (Å²) in [5.41, 5.74) is 1.03. The van der Waals surface area contributed by atoms with Crippen LogP contribution in [0, 0.1) is 5.92 Å². The van der Waals surface area contributed by atoms with E-state index < -0.39 is 12.2 Å². The summed E-state index contributed by atoms with van der Waals surface area (Å²) in [5, 5.41) is 19.0. The Morgan fingerprint density at radius 3 is 2.63 bits per heavy atom. The molecule has 2 aliphatic heterocycles. The first-order valence-electron chi connectivity index (χ1n) is 6.51. The van der Waals surface area contributed by atoms with E-state index in [-0.39, 0.29) is 24.9 Å². The van der Waals surface area contributed by atoms with Gasteiger partial charge in [0.15, 0.2) is 0 Å². The summed E-state index contributed by atoms with van der Waals surface area (Å²) in [6, 6.07) is 7.70. The van der Waals surface area contributed by atoms with E-state index in [4.69, 9.17) is 4.74 Å². The Hall–Kier alpha value is -1.59. The van der Waals surface area contributed by atoms with Crippen molar-refractivity contribution in [2.45, 2.75) is 18.6 Å². The quantitative estimate of drug-likeness (QED) is 0.736. The Balaban J connectivity index is 1.70. The third kappa shape index (κ3) is 2.31. The van der Waals surface area contributed by atoms with Crippen molar-refractivity contribution < 1.29 is 19.7 Å². The highest BCUT2D eigenvalue weighted by molar-refractivity contribution is 5.80. The number of aliphatic hydroxyl groups excluding tert-OH is 2. The molecule has 1 aromatic carbocycles. The van der Waals surface area contributed by atoms with Gasteiger partial charge in [-0.1, -0.05) is 18.2 Å². The molecule has 0 aliphatic carbocycles. The summed E-state index contributed by atoms with van der Waals surface area (Å²) in [6.45, 7) is 0.773. The van der Waals surface area contributed by atoms with E-state index in [0.717, 1.165) is 11.3 Å². The SMILES string of the molecule is O=C(C1COc2ccccc2C1)N1CC(O)C(O)C1. The van der Waals surface area contributed by atoms with Crippen LogP contribution in [0.15, 0.2) is 24.3 Å². The minimum Gasteiger partial charge on any atom is -0.492 e. The molecule has 1 saturated heterocycles. The average Bonchev–Trinajstić information content (AvgIpc) is 2.77. The van der Waals surface area contributed by atoms with Gasteiger partial charge in [-0.25, -0.2) is 0 Å². The van der Waals surface area contributed by atoms with Gasteiger partial charge in [0.25, 0.3) is 0 Å². The lowest BCUT2D eigenvalue weighted by Crippen LogP contribution is -2.40. The molecule has 0 spiro atoms. The predicted octanol–water partition coefficient (Wildman–Crippen LogP) is -0.198. The third-order valence-corrected chi connectivity index (χ3v) is 3.80. The number of nitrogens with zero attached hydrogens (tertiary/aromatic N) is 1. The number of aliphatic hydroxyl groups is 2. The van der Waals surface area contributed by atoms with E-state index >= 15 is 0 Å². The van der Waals surface area contributed by atoms with Gasteiger partial charge in [0, 0.05) is 13.1 Å². The Morgan fingerprint density at radius 1 is 1.21 bits per heavy atom. The van der Waals surface area contributed by atoms with E-state index in [1.807, 2.05) is 24.3 Å². The number of carbonyl (C=O) groups is 1. The van der Waals surface area contributed by atoms with Crippen molar-refractivity contribution in [1.82, 2.24) is 4.90 Å². The van der Waals surface area contributed by atoms with E-state index in [2.05, 4.69) is 0 Å². The fourth-order valence-corrected chi connectivity index (χ4v) is 2.69. The minimum atomic E-state index is -0.833. The lowest BCUT2D eigenvalue weighted by atomic mass is 9.95. The molecule has 0 aromatic heterocycles. The Labute approximate surface area is 111 Å². The molecule has 0 saturated carbocycles. The van der Waals surface area contributed by atoms with Crippen LogP contribution < -0.4 is 4.74 Å². The van der Waals surface area contributed by atoms with Gasteiger partial charge >= 0.3 is 0 Å². The highest BCUT2D eigenvalue weighted by Gasteiger charge is 2.37. The van der Waals surface area contributed by atoms with Gasteiger partial charge in [-0.15, -0.1) is 0 Å². The van der Waals surface area contributed by atoms with Crippen LogP contribution in [0.1, 0.15) is 5.56 Å². The molecular formula is C14H17NO4. The van der Waals surface area contributed by atoms with Gasteiger partial charge in [-0.2, -0.15) is 0 Å². The molecule has 2 N–H and O–H groups in total. The van der Waals surface area contributed by atoms with Crippen LogP contribution in [0.25, 0.3) is 0 Å². The van der Waals surface area contributed by atoms with Crippen LogP contribution >= 0.6 is 0 Å². The molecule has 3 unspecified atom stereocenters. The molecule has 0 radical (unpaired) electrons. The van der Waals surface area contributed by atoms with Crippen molar-refractivity contribution >= 4 is 5.91 Å². The average molecular weight is 263 g/mol. The van der Waals surface area contributed by atoms with Crippen molar-refractivity contribution in [1.29, 1.82) is 0 Å². The van der Waals surface area contributed by atoms with Crippen molar-refractivity contribution in [2.75, 3.05) is 19.7 Å². The Kier molecular flexibility index (Phi) is 3.16. The monoisotopic (exact) mass is 263 g/mol. The molecule has 102 valence electrons. The van der Waals surface area contributed by atoms with E-state index in [9.17, 15) is 15.0 Å². The van der Waals surface area contributed by atoms with Crippen LogP contribution in [0.4, 0.5) is 0 Å². The van der Waals surface area contributed by atoms with Gasteiger partial charge in [-0.3, -0.25) is 4.79 Å². The molecule has 19 heavy (non-hydrogen) atoms. The number of hydrogen-bond acceptors (Lipinski definition) is 4. The largest absolute Gasteiger partial charge is 0.492 e. The molecular weight excluding hydrogens is 246 g/mol. The van der Waals surface area contributed by atoms with Crippen LogP contribution in [0.5, 0.6) is 5.75 Å². The van der Waals surface area contributed by atoms with E-state index in [1.54, 1.807) is 0 Å². The summed E-state index contributed by atoms with van der Waals surface area (Å²) < 4.78 is 5.60. The van der Waals surface area contributed by atoms with Crippen molar-refractivity contribution in [3.63, 3.8) is 0 Å². The zero-order valence-corrected chi connectivity index (χ0v) is 10.5. The number of likely N-dealkylation sites (tertiary alicyclic amines) is 1. The zero-order chi connectivity index (χ0) is 13.4. The standard InChI is InChI=1S/C14H17NO4/c16-11-6-15(7-12(11)17)14(18)10-5-9-3-1-2-4-13(9)19-8-10/h1-4,10-12,16-17H,5-8H2. The topological polar surface area (TPSA) is 70.0 Å². The molecule has 5 heteroatoms. The molecule has 1 aromatic rings. The number of carbonyl (C=O) groups excluding carboxylic acids is 1. The van der Waals surface area contributed by atoms with E-state index in [1.165, 1.54) is 4.90 Å². The number of ether oxygens (including phenoxy) is 1. The summed E-state index contributed by atoms with van der Waals surface area (Å²) in [7, 11) is 0. The first-order chi connectivity index (χ1) is 9.15. The molecule has 1 fully saturated rings. The van der Waals surface area contributed by atoms with Crippen LogP contribution in [-0.2, 0) is 11.2 Å². The zero-order valence-electron chi connectivity index (χ0n) is 10.5. The van der Waals surface area contributed by atoms with Crippen molar-refractivity contribution in [3.05, 3.63) is 29.8 Å². The van der Waals surface area contributed by atoms with Crippen molar-refractivity contribution in [3.8, 4) is 5.75 Å². The number of β-amino-alcohol motifs (C(OH)–C–C–N with tert-alkyl or cyclic N) is 2. The van der Waals surface area contributed by atoms with Gasteiger partial charge in [-0.05, 0) is 18.1 Å². The van der Waals surface area contributed by atoms with E-state index in [0.29, 0.717) is 13.0 Å². The number of fused-ring (bicyclic) bond motifs is 1. The molecule has 2 aliphatic rings. The first-order valence-corrected chi connectivity index (χ1v) is 6.51. The molecule has 5 nitrogen and oxygen atoms in total. The first kappa shape index (κ1) is 12.4. The summed E-state index contributed by atoms with van der Waals surface area (Å²) in [5.74, 6) is 0.561. The second-order valence-corrected chi connectivity index (χ2v) is 5.20. The Morgan fingerprint density at radius 2 is 1.89 bits per heavy atom. The minimum absolute atomic E-state index is 0.0508. The van der Waals surface area contributed by atoms with Gasteiger partial charge in [0.1, 0.15) is 12.4 Å². The molecule has 3 atom stereocenters. The maximum Gasteiger partial charge on any atom is 0.229 e. The highest BCUT2D eigenvalue weighted by atomic mass is 16.5. The Bertz CT molecular complexity index is 480.